The van der Waals surface area contributed by atoms with Crippen molar-refractivity contribution in [2.45, 2.75) is 6.42 Å². The summed E-state index contributed by atoms with van der Waals surface area (Å²) in [6, 6.07) is 2.38. The fourth-order valence-corrected chi connectivity index (χ4v) is 1.03. The molecule has 0 bridgehead atoms. The van der Waals surface area contributed by atoms with Crippen molar-refractivity contribution in [3.63, 3.8) is 0 Å². The Kier molecular flexibility index (Phi) is 3.01. The summed E-state index contributed by atoms with van der Waals surface area (Å²) in [5.74, 6) is -3.79. The van der Waals surface area contributed by atoms with Gasteiger partial charge in [0.25, 0.3) is 0 Å². The lowest BCUT2D eigenvalue weighted by molar-refractivity contribution is -0.136. The van der Waals surface area contributed by atoms with E-state index >= 15 is 0 Å². The molecule has 0 aliphatic rings. The highest BCUT2D eigenvalue weighted by molar-refractivity contribution is 5.70. The number of hydrogen-bond donors (Lipinski definition) is 1. The van der Waals surface area contributed by atoms with Crippen LogP contribution < -0.4 is 4.74 Å². The van der Waals surface area contributed by atoms with Crippen LogP contribution in [0.5, 0.6) is 5.75 Å². The predicted molar refractivity (Wildman–Crippen MR) is 44.2 cm³/mol. The van der Waals surface area contributed by atoms with Crippen molar-refractivity contribution < 1.29 is 23.4 Å². The lowest BCUT2D eigenvalue weighted by Crippen LogP contribution is -2.04. The summed E-state index contributed by atoms with van der Waals surface area (Å²) >= 11 is 0. The highest BCUT2D eigenvalue weighted by atomic mass is 19.2. The summed E-state index contributed by atoms with van der Waals surface area (Å²) in [5, 5.41) is 8.39. The van der Waals surface area contributed by atoms with E-state index in [2.05, 4.69) is 4.74 Å². The third-order valence-electron chi connectivity index (χ3n) is 1.69. The number of hydrogen-bond acceptors (Lipinski definition) is 2. The van der Waals surface area contributed by atoms with Gasteiger partial charge in [0.15, 0.2) is 11.6 Å². The van der Waals surface area contributed by atoms with Gasteiger partial charge in [-0.3, -0.25) is 4.79 Å². The highest BCUT2D eigenvalue weighted by Crippen LogP contribution is 2.22. The molecule has 0 atom stereocenters. The molecule has 0 radical (unpaired) electrons. The van der Waals surface area contributed by atoms with E-state index in [4.69, 9.17) is 5.11 Å². The fraction of sp³-hybridized carbons (Fsp3) is 0.222. The van der Waals surface area contributed by atoms with E-state index < -0.39 is 24.0 Å². The number of carboxylic acid groups (broad SMARTS) is 1. The van der Waals surface area contributed by atoms with Crippen molar-refractivity contribution in [2.24, 2.45) is 0 Å². The van der Waals surface area contributed by atoms with Crippen LogP contribution in [0.25, 0.3) is 0 Å². The van der Waals surface area contributed by atoms with Crippen LogP contribution in [0.4, 0.5) is 8.78 Å². The van der Waals surface area contributed by atoms with Crippen LogP contribution in [0.3, 0.4) is 0 Å². The normalized spacial score (nSPS) is 9.93. The zero-order valence-electron chi connectivity index (χ0n) is 7.38. The minimum atomic E-state index is -1.21. The van der Waals surface area contributed by atoms with Crippen LogP contribution >= 0.6 is 0 Å². The van der Waals surface area contributed by atoms with Gasteiger partial charge in [-0.25, -0.2) is 4.39 Å². The van der Waals surface area contributed by atoms with Gasteiger partial charge in [0.2, 0.25) is 5.82 Å². The second-order valence-electron chi connectivity index (χ2n) is 2.63. The SMILES string of the molecule is COc1ccc(CC(=O)O)c(F)c1F. The van der Waals surface area contributed by atoms with Gasteiger partial charge in [-0.15, -0.1) is 0 Å². The van der Waals surface area contributed by atoms with E-state index in [0.29, 0.717) is 0 Å². The van der Waals surface area contributed by atoms with Gasteiger partial charge in [0.1, 0.15) is 0 Å². The van der Waals surface area contributed by atoms with Gasteiger partial charge in [0, 0.05) is 5.56 Å². The number of rotatable bonds is 3. The van der Waals surface area contributed by atoms with Gasteiger partial charge < -0.3 is 9.84 Å². The molecule has 0 aliphatic carbocycles. The van der Waals surface area contributed by atoms with E-state index in [-0.39, 0.29) is 11.3 Å². The van der Waals surface area contributed by atoms with Crippen LogP contribution in [-0.4, -0.2) is 18.2 Å². The zero-order chi connectivity index (χ0) is 10.7. The van der Waals surface area contributed by atoms with Crippen molar-refractivity contribution in [3.8, 4) is 5.75 Å². The summed E-state index contributed by atoms with van der Waals surface area (Å²) in [7, 11) is 1.20. The first-order valence-electron chi connectivity index (χ1n) is 3.79. The van der Waals surface area contributed by atoms with Crippen LogP contribution in [0.15, 0.2) is 12.1 Å². The smallest absolute Gasteiger partial charge is 0.307 e. The Morgan fingerprint density at radius 2 is 2.07 bits per heavy atom. The summed E-state index contributed by atoms with van der Waals surface area (Å²) < 4.78 is 30.6. The van der Waals surface area contributed by atoms with Crippen LogP contribution in [-0.2, 0) is 11.2 Å². The molecule has 14 heavy (non-hydrogen) atoms. The van der Waals surface area contributed by atoms with Crippen molar-refractivity contribution in [1.82, 2.24) is 0 Å². The van der Waals surface area contributed by atoms with E-state index in [9.17, 15) is 13.6 Å². The Bertz CT molecular complexity index is 363. The topological polar surface area (TPSA) is 46.5 Å². The van der Waals surface area contributed by atoms with E-state index in [1.807, 2.05) is 0 Å². The Labute approximate surface area is 78.9 Å². The maximum absolute atomic E-state index is 13.1. The van der Waals surface area contributed by atoms with E-state index in [1.54, 1.807) is 0 Å². The molecule has 1 N–H and O–H groups in total. The van der Waals surface area contributed by atoms with E-state index in [1.165, 1.54) is 19.2 Å². The standard InChI is InChI=1S/C9H8F2O3/c1-14-6-3-2-5(4-7(12)13)8(10)9(6)11/h2-3H,4H2,1H3,(H,12,13). The molecule has 3 nitrogen and oxygen atoms in total. The van der Waals surface area contributed by atoms with Gasteiger partial charge in [-0.1, -0.05) is 6.07 Å². The highest BCUT2D eigenvalue weighted by Gasteiger charge is 2.15. The first-order chi connectivity index (χ1) is 6.56. The molecule has 1 aromatic carbocycles. The zero-order valence-corrected chi connectivity index (χ0v) is 7.38. The van der Waals surface area contributed by atoms with Gasteiger partial charge >= 0.3 is 5.97 Å². The number of benzene rings is 1. The third kappa shape index (κ3) is 1.99. The predicted octanol–water partition coefficient (Wildman–Crippen LogP) is 1.60. The number of methoxy groups -OCH3 is 1. The summed E-state index contributed by atoms with van der Waals surface area (Å²) in [5.41, 5.74) is -0.198. The van der Waals surface area contributed by atoms with E-state index in [0.717, 1.165) is 0 Å². The molecule has 0 fully saturated rings. The molecular weight excluding hydrogens is 194 g/mol. The van der Waals surface area contributed by atoms with Crippen LogP contribution in [0.2, 0.25) is 0 Å². The molecule has 0 unspecified atom stereocenters. The summed E-state index contributed by atoms with van der Waals surface area (Å²) in [6.45, 7) is 0. The summed E-state index contributed by atoms with van der Waals surface area (Å²) in [4.78, 5) is 10.3. The van der Waals surface area contributed by atoms with Crippen molar-refractivity contribution in [1.29, 1.82) is 0 Å². The molecule has 0 aliphatic heterocycles. The first kappa shape index (κ1) is 10.4. The van der Waals surface area contributed by atoms with Crippen LogP contribution in [0.1, 0.15) is 5.56 Å². The molecule has 0 amide bonds. The van der Waals surface area contributed by atoms with Gasteiger partial charge in [0.05, 0.1) is 13.5 Å². The van der Waals surface area contributed by atoms with Crippen molar-refractivity contribution in [2.75, 3.05) is 7.11 Å². The Balaban J connectivity index is 3.10. The number of aliphatic carboxylic acids is 1. The van der Waals surface area contributed by atoms with Gasteiger partial charge in [-0.2, -0.15) is 4.39 Å². The average molecular weight is 202 g/mol. The quantitative estimate of drug-likeness (QED) is 0.809. The molecule has 0 aromatic heterocycles. The maximum Gasteiger partial charge on any atom is 0.307 e. The Hall–Kier alpha value is -1.65. The Morgan fingerprint density at radius 1 is 1.43 bits per heavy atom. The average Bonchev–Trinajstić information content (AvgIpc) is 2.13. The molecular formula is C9H8F2O3. The fourth-order valence-electron chi connectivity index (χ4n) is 1.03. The number of carbonyl (C=O) groups is 1. The van der Waals surface area contributed by atoms with Crippen molar-refractivity contribution in [3.05, 3.63) is 29.3 Å². The summed E-state index contributed by atoms with van der Waals surface area (Å²) in [6.07, 6.45) is -0.549. The minimum absolute atomic E-state index is 0.198. The minimum Gasteiger partial charge on any atom is -0.494 e. The lowest BCUT2D eigenvalue weighted by atomic mass is 10.1. The Morgan fingerprint density at radius 3 is 2.57 bits per heavy atom. The molecule has 76 valence electrons. The first-order valence-corrected chi connectivity index (χ1v) is 3.79. The molecule has 0 saturated carbocycles. The number of halogens is 2. The van der Waals surface area contributed by atoms with Gasteiger partial charge in [-0.05, 0) is 6.07 Å². The van der Waals surface area contributed by atoms with Crippen molar-refractivity contribution >= 4 is 5.97 Å². The molecule has 0 spiro atoms. The number of carboxylic acids is 1. The second-order valence-corrected chi connectivity index (χ2v) is 2.63. The third-order valence-corrected chi connectivity index (χ3v) is 1.69. The second kappa shape index (κ2) is 4.04. The molecule has 1 rings (SSSR count). The molecule has 5 heteroatoms. The largest absolute Gasteiger partial charge is 0.494 e. The number of ether oxygens (including phenoxy) is 1. The van der Waals surface area contributed by atoms with Crippen LogP contribution in [0, 0.1) is 11.6 Å². The molecule has 0 saturated heterocycles. The molecule has 1 aromatic rings. The molecule has 0 heterocycles. The monoisotopic (exact) mass is 202 g/mol. The maximum atomic E-state index is 13.1. The lowest BCUT2D eigenvalue weighted by Gasteiger charge is -2.05.